The predicted octanol–water partition coefficient (Wildman–Crippen LogP) is -0.594. The minimum atomic E-state index is -3.80. The van der Waals surface area contributed by atoms with Crippen molar-refractivity contribution >= 4 is 28.0 Å². The molecule has 0 aliphatic rings. The molecular weight excluding hydrogens is 334 g/mol. The molecule has 0 spiro atoms. The molecule has 0 aliphatic heterocycles. The number of hydrogen-bond acceptors (Lipinski definition) is 6. The van der Waals surface area contributed by atoms with Gasteiger partial charge in [0.1, 0.15) is 11.6 Å². The van der Waals surface area contributed by atoms with Gasteiger partial charge in [-0.2, -0.15) is 5.26 Å². The molecule has 1 aromatic rings. The van der Waals surface area contributed by atoms with Gasteiger partial charge in [0.15, 0.2) is 0 Å². The van der Waals surface area contributed by atoms with Crippen LogP contribution in [-0.4, -0.2) is 33.8 Å². The van der Waals surface area contributed by atoms with E-state index in [1.165, 1.54) is 30.5 Å². The number of benzene rings is 1. The number of amides is 2. The van der Waals surface area contributed by atoms with Crippen LogP contribution in [0.1, 0.15) is 6.42 Å². The lowest BCUT2D eigenvalue weighted by atomic mass is 10.2. The standard InChI is InChI=1S/C14H17N5O4S/c15-8-11(9-17-6-1-7-18-10-20)14(21)19-12-2-4-13(5-3-12)24(16,22)23/h2-5,9-10,17H,1,6-7H2,(H,18,20)(H,19,21)(H2,16,22,23)/b11-9-. The Bertz CT molecular complexity index is 750. The van der Waals surface area contributed by atoms with Crippen LogP contribution in [-0.2, 0) is 19.6 Å². The van der Waals surface area contributed by atoms with Crippen molar-refractivity contribution in [2.45, 2.75) is 11.3 Å². The number of nitrogens with zero attached hydrogens (tertiary/aromatic N) is 1. The highest BCUT2D eigenvalue weighted by Gasteiger charge is 2.11. The number of nitrogens with one attached hydrogen (secondary N) is 3. The summed E-state index contributed by atoms with van der Waals surface area (Å²) in [4.78, 5) is 21.9. The first-order valence-electron chi connectivity index (χ1n) is 6.83. The van der Waals surface area contributed by atoms with E-state index in [1.807, 2.05) is 0 Å². The molecule has 9 nitrogen and oxygen atoms in total. The molecule has 0 fully saturated rings. The Labute approximate surface area is 139 Å². The number of primary sulfonamides is 1. The van der Waals surface area contributed by atoms with E-state index < -0.39 is 15.9 Å². The third-order valence-electron chi connectivity index (χ3n) is 2.78. The maximum atomic E-state index is 11.9. The van der Waals surface area contributed by atoms with Gasteiger partial charge in [-0.25, -0.2) is 13.6 Å². The number of nitrogens with two attached hydrogens (primary N) is 1. The number of carbonyl (C=O) groups excluding carboxylic acids is 2. The fourth-order valence-corrected chi connectivity index (χ4v) is 2.12. The average Bonchev–Trinajstić information content (AvgIpc) is 2.54. The van der Waals surface area contributed by atoms with E-state index in [4.69, 9.17) is 10.4 Å². The average molecular weight is 351 g/mol. The summed E-state index contributed by atoms with van der Waals surface area (Å²) in [6, 6.07) is 6.99. The second kappa shape index (κ2) is 9.29. The van der Waals surface area contributed by atoms with Gasteiger partial charge in [0.25, 0.3) is 5.91 Å². The summed E-state index contributed by atoms with van der Waals surface area (Å²) in [5, 5.41) is 21.7. The first-order valence-corrected chi connectivity index (χ1v) is 8.38. The lowest BCUT2D eigenvalue weighted by molar-refractivity contribution is -0.112. The summed E-state index contributed by atoms with van der Waals surface area (Å²) in [5.74, 6) is -0.639. The maximum absolute atomic E-state index is 11.9. The van der Waals surface area contributed by atoms with E-state index in [1.54, 1.807) is 6.07 Å². The zero-order valence-corrected chi connectivity index (χ0v) is 13.5. The number of carbonyl (C=O) groups is 2. The zero-order chi connectivity index (χ0) is 18.0. The van der Waals surface area contributed by atoms with Crippen molar-refractivity contribution in [3.63, 3.8) is 0 Å². The fraction of sp³-hybridized carbons (Fsp3) is 0.214. The van der Waals surface area contributed by atoms with Gasteiger partial charge < -0.3 is 16.0 Å². The normalized spacial score (nSPS) is 11.2. The Morgan fingerprint density at radius 3 is 2.38 bits per heavy atom. The van der Waals surface area contributed by atoms with Crippen LogP contribution in [0.5, 0.6) is 0 Å². The first-order chi connectivity index (χ1) is 11.4. The van der Waals surface area contributed by atoms with Gasteiger partial charge in [0, 0.05) is 25.0 Å². The summed E-state index contributed by atoms with van der Waals surface area (Å²) in [7, 11) is -3.80. The minimum Gasteiger partial charge on any atom is -0.390 e. The van der Waals surface area contributed by atoms with Crippen molar-refractivity contribution < 1.29 is 18.0 Å². The Kier molecular flexibility index (Phi) is 7.41. The summed E-state index contributed by atoms with van der Waals surface area (Å²) in [6.07, 6.45) is 2.49. The largest absolute Gasteiger partial charge is 0.390 e. The van der Waals surface area contributed by atoms with Gasteiger partial charge >= 0.3 is 0 Å². The van der Waals surface area contributed by atoms with Crippen LogP contribution in [0.4, 0.5) is 5.69 Å². The molecular formula is C14H17N5O4S. The van der Waals surface area contributed by atoms with E-state index in [-0.39, 0.29) is 10.5 Å². The van der Waals surface area contributed by atoms with Crippen LogP contribution in [0.15, 0.2) is 40.9 Å². The lowest BCUT2D eigenvalue weighted by Gasteiger charge is -2.06. The highest BCUT2D eigenvalue weighted by Crippen LogP contribution is 2.13. The van der Waals surface area contributed by atoms with Crippen LogP contribution in [0.3, 0.4) is 0 Å². The molecule has 1 aromatic carbocycles. The van der Waals surface area contributed by atoms with E-state index in [2.05, 4.69) is 16.0 Å². The molecule has 0 unspecified atom stereocenters. The van der Waals surface area contributed by atoms with Crippen LogP contribution >= 0.6 is 0 Å². The molecule has 10 heteroatoms. The molecule has 0 aromatic heterocycles. The third-order valence-corrected chi connectivity index (χ3v) is 3.71. The number of hydrogen-bond donors (Lipinski definition) is 4. The topological polar surface area (TPSA) is 154 Å². The molecule has 0 atom stereocenters. The number of sulfonamides is 1. The molecule has 0 heterocycles. The predicted molar refractivity (Wildman–Crippen MR) is 86.8 cm³/mol. The zero-order valence-electron chi connectivity index (χ0n) is 12.7. The monoisotopic (exact) mass is 351 g/mol. The van der Waals surface area contributed by atoms with Crippen LogP contribution < -0.4 is 21.1 Å². The quantitative estimate of drug-likeness (QED) is 0.202. The van der Waals surface area contributed by atoms with Crippen molar-refractivity contribution in [1.29, 1.82) is 5.26 Å². The van der Waals surface area contributed by atoms with Gasteiger partial charge in [-0.05, 0) is 30.7 Å². The number of nitriles is 1. The lowest BCUT2D eigenvalue weighted by Crippen LogP contribution is -2.20. The van der Waals surface area contributed by atoms with Gasteiger partial charge in [-0.1, -0.05) is 0 Å². The Balaban J connectivity index is 2.61. The maximum Gasteiger partial charge on any atom is 0.267 e. The minimum absolute atomic E-state index is 0.0813. The summed E-state index contributed by atoms with van der Waals surface area (Å²) < 4.78 is 22.3. The van der Waals surface area contributed by atoms with Crippen molar-refractivity contribution in [3.8, 4) is 6.07 Å². The molecule has 5 N–H and O–H groups in total. The molecule has 0 radical (unpaired) electrons. The number of anilines is 1. The SMILES string of the molecule is N#C/C(=C/NCCCNC=O)C(=O)Nc1ccc(S(N)(=O)=O)cc1. The van der Waals surface area contributed by atoms with Gasteiger partial charge in [-0.3, -0.25) is 9.59 Å². The van der Waals surface area contributed by atoms with Crippen LogP contribution in [0, 0.1) is 11.3 Å². The Morgan fingerprint density at radius 2 is 1.83 bits per heavy atom. The van der Waals surface area contributed by atoms with Crippen molar-refractivity contribution in [2.24, 2.45) is 5.14 Å². The van der Waals surface area contributed by atoms with E-state index in [0.29, 0.717) is 31.6 Å². The third kappa shape index (κ3) is 6.47. The molecule has 0 saturated heterocycles. The van der Waals surface area contributed by atoms with Crippen LogP contribution in [0.25, 0.3) is 0 Å². The molecule has 2 amide bonds. The highest BCUT2D eigenvalue weighted by atomic mass is 32.2. The second-order valence-electron chi connectivity index (χ2n) is 4.57. The fourth-order valence-electron chi connectivity index (χ4n) is 1.60. The summed E-state index contributed by atoms with van der Waals surface area (Å²) >= 11 is 0. The van der Waals surface area contributed by atoms with Crippen LogP contribution in [0.2, 0.25) is 0 Å². The second-order valence-corrected chi connectivity index (χ2v) is 6.13. The molecule has 1 rings (SSSR count). The number of rotatable bonds is 9. The van der Waals surface area contributed by atoms with Gasteiger partial charge in [0.05, 0.1) is 4.90 Å². The van der Waals surface area contributed by atoms with Gasteiger partial charge in [-0.15, -0.1) is 0 Å². The Hall–Kier alpha value is -2.90. The summed E-state index contributed by atoms with van der Waals surface area (Å²) in [5.41, 5.74) is 0.178. The molecule has 128 valence electrons. The van der Waals surface area contributed by atoms with Crippen molar-refractivity contribution in [2.75, 3.05) is 18.4 Å². The molecule has 24 heavy (non-hydrogen) atoms. The van der Waals surface area contributed by atoms with Gasteiger partial charge in [0.2, 0.25) is 16.4 Å². The van der Waals surface area contributed by atoms with E-state index in [9.17, 15) is 18.0 Å². The van der Waals surface area contributed by atoms with E-state index >= 15 is 0 Å². The van der Waals surface area contributed by atoms with Crippen molar-refractivity contribution in [3.05, 3.63) is 36.0 Å². The first kappa shape index (κ1) is 19.1. The molecule has 0 bridgehead atoms. The molecule has 0 aliphatic carbocycles. The smallest absolute Gasteiger partial charge is 0.267 e. The summed E-state index contributed by atoms with van der Waals surface area (Å²) in [6.45, 7) is 0.956. The van der Waals surface area contributed by atoms with Crippen molar-refractivity contribution in [1.82, 2.24) is 10.6 Å². The molecule has 0 saturated carbocycles. The Morgan fingerprint density at radius 1 is 1.21 bits per heavy atom. The van der Waals surface area contributed by atoms with E-state index in [0.717, 1.165) is 0 Å². The highest BCUT2D eigenvalue weighted by molar-refractivity contribution is 7.89.